The van der Waals surface area contributed by atoms with E-state index in [-0.39, 0.29) is 17.0 Å². The highest BCUT2D eigenvalue weighted by molar-refractivity contribution is 7.66. The molecule has 0 aliphatic carbocycles. The molecule has 5 atom stereocenters. The molecule has 0 saturated carbocycles. The topological polar surface area (TPSA) is 279 Å². The van der Waals surface area contributed by atoms with Crippen LogP contribution in [0.4, 0.5) is 5.82 Å². The monoisotopic (exact) mass is 523 g/mol. The zero-order valence-corrected chi connectivity index (χ0v) is 18.9. The normalized spacial score (nSPS) is 20.2. The standard InChI is InChI=1S/C11H20N5O13P3/c1-11(18,16-5-15-7-9(12)13-4-14-10(7)16)8(17)6(26-2)3-27-31(22,23)29-32(24,25)28-30(19,20)21/h4-6,8,17-18H,3H2,1-2H3,(H,22,23)(H,24,25)(H2,12,13,14)(H2,19,20,21)/t6-,8-,11-/m1/s1. The Morgan fingerprint density at radius 3 is 2.31 bits per heavy atom. The van der Waals surface area contributed by atoms with E-state index in [2.05, 4.69) is 28.1 Å². The first-order chi connectivity index (χ1) is 14.5. The molecule has 0 amide bonds. The molecule has 0 spiro atoms. The molecule has 32 heavy (non-hydrogen) atoms. The third-order valence-electron chi connectivity index (χ3n) is 3.88. The Kier molecular flexibility index (Phi) is 7.97. The van der Waals surface area contributed by atoms with Gasteiger partial charge in [0, 0.05) is 7.11 Å². The van der Waals surface area contributed by atoms with Crippen molar-refractivity contribution >= 4 is 40.4 Å². The van der Waals surface area contributed by atoms with Crippen LogP contribution in [0.5, 0.6) is 0 Å². The van der Waals surface area contributed by atoms with Crippen LogP contribution in [0, 0.1) is 0 Å². The average Bonchev–Trinajstić information content (AvgIpc) is 3.05. The van der Waals surface area contributed by atoms with E-state index in [4.69, 9.17) is 25.2 Å². The number of imidazole rings is 1. The van der Waals surface area contributed by atoms with Gasteiger partial charge in [0.25, 0.3) is 0 Å². The van der Waals surface area contributed by atoms with Gasteiger partial charge in [0.1, 0.15) is 24.1 Å². The van der Waals surface area contributed by atoms with Gasteiger partial charge < -0.3 is 40.3 Å². The summed E-state index contributed by atoms with van der Waals surface area (Å²) in [5.41, 5.74) is 3.60. The van der Waals surface area contributed by atoms with Gasteiger partial charge in [0.05, 0.1) is 12.9 Å². The summed E-state index contributed by atoms with van der Waals surface area (Å²) < 4.78 is 51.4. The molecular formula is C11H20N5O13P3. The predicted octanol–water partition coefficient (Wildman–Crippen LogP) is -1.21. The van der Waals surface area contributed by atoms with Crippen molar-refractivity contribution < 1.29 is 61.4 Å². The van der Waals surface area contributed by atoms with Crippen molar-refractivity contribution in [3.8, 4) is 0 Å². The second-order valence-electron chi connectivity index (χ2n) is 6.25. The highest BCUT2D eigenvalue weighted by Crippen LogP contribution is 2.66. The molecule has 0 bridgehead atoms. The number of nitrogen functional groups attached to an aromatic ring is 1. The highest BCUT2D eigenvalue weighted by Gasteiger charge is 2.44. The molecule has 2 heterocycles. The minimum atomic E-state index is -5.72. The first-order valence-electron chi connectivity index (χ1n) is 8.14. The second-order valence-corrected chi connectivity index (χ2v) is 10.7. The maximum Gasteiger partial charge on any atom is 0.490 e. The number of hydrogen-bond donors (Lipinski definition) is 7. The van der Waals surface area contributed by atoms with Crippen LogP contribution in [0.25, 0.3) is 11.2 Å². The molecule has 0 aliphatic rings. The molecule has 2 aromatic heterocycles. The third-order valence-corrected chi connectivity index (χ3v) is 7.69. The number of rotatable bonds is 11. The number of nitrogens with zero attached hydrogens (tertiary/aromatic N) is 4. The van der Waals surface area contributed by atoms with Crippen LogP contribution in [0.1, 0.15) is 6.92 Å². The van der Waals surface area contributed by atoms with E-state index >= 15 is 0 Å². The zero-order chi connectivity index (χ0) is 24.5. The molecule has 0 fully saturated rings. The minimum Gasteiger partial charge on any atom is -0.385 e. The Morgan fingerprint density at radius 2 is 1.75 bits per heavy atom. The lowest BCUT2D eigenvalue weighted by atomic mass is 10.0. The molecule has 0 saturated heterocycles. The third kappa shape index (κ3) is 6.59. The first-order valence-corrected chi connectivity index (χ1v) is 12.7. The van der Waals surface area contributed by atoms with E-state index in [1.165, 1.54) is 0 Å². The van der Waals surface area contributed by atoms with E-state index in [0.717, 1.165) is 31.3 Å². The molecule has 21 heteroatoms. The van der Waals surface area contributed by atoms with Crippen LogP contribution in [0.3, 0.4) is 0 Å². The summed E-state index contributed by atoms with van der Waals surface area (Å²) in [4.78, 5) is 47.3. The quantitative estimate of drug-likeness (QED) is 0.170. The van der Waals surface area contributed by atoms with Crippen LogP contribution in [-0.2, 0) is 37.3 Å². The van der Waals surface area contributed by atoms with E-state index in [1.54, 1.807) is 0 Å². The van der Waals surface area contributed by atoms with Gasteiger partial charge in [-0.2, -0.15) is 8.62 Å². The zero-order valence-electron chi connectivity index (χ0n) is 16.3. The molecule has 0 aromatic carbocycles. The number of hydrogen-bond acceptors (Lipinski definition) is 13. The maximum absolute atomic E-state index is 11.8. The molecule has 18 nitrogen and oxygen atoms in total. The van der Waals surface area contributed by atoms with E-state index < -0.39 is 48.0 Å². The number of nitrogens with two attached hydrogens (primary N) is 1. The molecule has 8 N–H and O–H groups in total. The van der Waals surface area contributed by atoms with Gasteiger partial charge >= 0.3 is 23.5 Å². The number of phosphoric acid groups is 3. The van der Waals surface area contributed by atoms with Crippen LogP contribution < -0.4 is 5.73 Å². The molecule has 2 unspecified atom stereocenters. The van der Waals surface area contributed by atoms with Crippen LogP contribution in [0.15, 0.2) is 12.7 Å². The van der Waals surface area contributed by atoms with Gasteiger partial charge in [0.15, 0.2) is 17.2 Å². The van der Waals surface area contributed by atoms with Gasteiger partial charge in [0.2, 0.25) is 0 Å². The summed E-state index contributed by atoms with van der Waals surface area (Å²) in [6.07, 6.45) is -1.28. The van der Waals surface area contributed by atoms with Crippen LogP contribution >= 0.6 is 23.5 Å². The van der Waals surface area contributed by atoms with Crippen molar-refractivity contribution in [1.82, 2.24) is 19.5 Å². The SMILES string of the molecule is CO[C@H](COP(=O)(O)OP(=O)(O)OP(=O)(O)O)[C@@H](O)[C@@](C)(O)n1cnc2c(N)ncnc21. The summed E-state index contributed by atoms with van der Waals surface area (Å²) >= 11 is 0. The van der Waals surface area contributed by atoms with Gasteiger partial charge in [-0.25, -0.2) is 28.6 Å². The largest absolute Gasteiger partial charge is 0.490 e. The fourth-order valence-electron chi connectivity index (χ4n) is 2.44. The minimum absolute atomic E-state index is 0.00464. The maximum atomic E-state index is 11.8. The number of ether oxygens (including phenoxy) is 1. The number of aliphatic hydroxyl groups is 2. The summed E-state index contributed by atoms with van der Waals surface area (Å²) in [5, 5.41) is 21.5. The fraction of sp³-hybridized carbons (Fsp3) is 0.545. The average molecular weight is 523 g/mol. The molecule has 2 aromatic rings. The summed E-state index contributed by atoms with van der Waals surface area (Å²) in [6.45, 7) is 0.106. The Hall–Kier alpha value is -1.36. The van der Waals surface area contributed by atoms with Crippen molar-refractivity contribution in [1.29, 1.82) is 0 Å². The van der Waals surface area contributed by atoms with E-state index in [9.17, 15) is 28.8 Å². The van der Waals surface area contributed by atoms with Gasteiger partial charge in [-0.3, -0.25) is 9.09 Å². The van der Waals surface area contributed by atoms with Gasteiger partial charge in [-0.1, -0.05) is 0 Å². The Bertz CT molecular complexity index is 1100. The Labute approximate surface area is 179 Å². The summed E-state index contributed by atoms with van der Waals surface area (Å²) in [7, 11) is -15.7. The predicted molar refractivity (Wildman–Crippen MR) is 102 cm³/mol. The fourth-order valence-corrected chi connectivity index (χ4v) is 5.47. The van der Waals surface area contributed by atoms with Crippen LogP contribution in [-0.4, -0.2) is 75.2 Å². The lowest BCUT2D eigenvalue weighted by Crippen LogP contribution is -2.50. The lowest BCUT2D eigenvalue weighted by Gasteiger charge is -2.34. The van der Waals surface area contributed by atoms with Crippen molar-refractivity contribution in [3.05, 3.63) is 12.7 Å². The lowest BCUT2D eigenvalue weighted by molar-refractivity contribution is -0.173. The summed E-state index contributed by atoms with van der Waals surface area (Å²) in [5.74, 6) is -0.00464. The van der Waals surface area contributed by atoms with Gasteiger partial charge in [-0.05, 0) is 6.92 Å². The molecule has 0 radical (unpaired) electrons. The summed E-state index contributed by atoms with van der Waals surface area (Å²) in [6, 6.07) is 0. The number of fused-ring (bicyclic) bond motifs is 1. The highest BCUT2D eigenvalue weighted by atomic mass is 31.3. The number of anilines is 1. The van der Waals surface area contributed by atoms with Crippen molar-refractivity contribution in [2.24, 2.45) is 0 Å². The van der Waals surface area contributed by atoms with E-state index in [0.29, 0.717) is 0 Å². The Morgan fingerprint density at radius 1 is 1.12 bits per heavy atom. The van der Waals surface area contributed by atoms with Gasteiger partial charge in [-0.15, -0.1) is 0 Å². The van der Waals surface area contributed by atoms with Crippen LogP contribution in [0.2, 0.25) is 0 Å². The number of aromatic nitrogens is 4. The molecule has 2 rings (SSSR count). The van der Waals surface area contributed by atoms with Crippen molar-refractivity contribution in [3.63, 3.8) is 0 Å². The number of aliphatic hydroxyl groups excluding tert-OH is 1. The number of methoxy groups -OCH3 is 1. The van der Waals surface area contributed by atoms with E-state index in [1.807, 2.05) is 0 Å². The number of phosphoric ester groups is 1. The Balaban J connectivity index is 2.17. The second kappa shape index (κ2) is 9.48. The smallest absolute Gasteiger partial charge is 0.385 e. The molecule has 0 aliphatic heterocycles. The van der Waals surface area contributed by atoms with Crippen molar-refractivity contribution in [2.75, 3.05) is 19.5 Å². The first kappa shape index (κ1) is 26.9. The molecular weight excluding hydrogens is 503 g/mol. The molecule has 182 valence electrons. The van der Waals surface area contributed by atoms with Crippen molar-refractivity contribution in [2.45, 2.75) is 24.9 Å².